The van der Waals surface area contributed by atoms with Gasteiger partial charge in [-0.25, -0.2) is 4.39 Å². The molecule has 0 radical (unpaired) electrons. The Hall–Kier alpha value is -0.610. The second-order valence-corrected chi connectivity index (χ2v) is 6.55. The van der Waals surface area contributed by atoms with Crippen LogP contribution in [0.1, 0.15) is 24.8 Å². The maximum Gasteiger partial charge on any atom is 0.168 e. The molecule has 0 N–H and O–H groups in total. The molecule has 2 unspecified atom stereocenters. The predicted octanol–water partition coefficient (Wildman–Crippen LogP) is 3.96. The number of rotatable bonds is 5. The Morgan fingerprint density at radius 3 is 2.90 bits per heavy atom. The molecule has 1 heterocycles. The average molecular weight is 343 g/mol. The minimum absolute atomic E-state index is 0.0222. The van der Waals surface area contributed by atoms with Gasteiger partial charge in [0.2, 0.25) is 0 Å². The third kappa shape index (κ3) is 2.48. The fourth-order valence-corrected chi connectivity index (χ4v) is 4.15. The predicted molar refractivity (Wildman–Crippen MR) is 80.0 cm³/mol. The fraction of sp³-hybridized carbons (Fsp3) is 0.625. The minimum Gasteiger partial charge on any atom is -0.494 e. The van der Waals surface area contributed by atoms with E-state index in [9.17, 15) is 4.39 Å². The summed E-state index contributed by atoms with van der Waals surface area (Å²) in [5.74, 6) is 0.773. The van der Waals surface area contributed by atoms with Crippen LogP contribution in [0.2, 0.25) is 0 Å². The second-order valence-electron chi connectivity index (χ2n) is 5.98. The van der Waals surface area contributed by atoms with Crippen LogP contribution >= 0.6 is 15.9 Å². The number of methoxy groups -OCH3 is 1. The van der Waals surface area contributed by atoms with E-state index in [0.717, 1.165) is 23.9 Å². The van der Waals surface area contributed by atoms with E-state index in [1.54, 1.807) is 6.07 Å². The number of benzene rings is 1. The lowest BCUT2D eigenvalue weighted by Gasteiger charge is -2.33. The maximum absolute atomic E-state index is 14.4. The summed E-state index contributed by atoms with van der Waals surface area (Å²) in [4.78, 5) is 0. The van der Waals surface area contributed by atoms with E-state index in [1.807, 2.05) is 12.1 Å². The van der Waals surface area contributed by atoms with E-state index in [0.29, 0.717) is 18.1 Å². The van der Waals surface area contributed by atoms with E-state index < -0.39 is 0 Å². The van der Waals surface area contributed by atoms with Gasteiger partial charge < -0.3 is 9.47 Å². The lowest BCUT2D eigenvalue weighted by Crippen LogP contribution is -2.36. The molecule has 110 valence electrons. The molecule has 3 rings (SSSR count). The molecule has 2 fully saturated rings. The molecule has 20 heavy (non-hydrogen) atoms. The van der Waals surface area contributed by atoms with Gasteiger partial charge >= 0.3 is 0 Å². The molecule has 2 nitrogen and oxygen atoms in total. The third-order valence-corrected chi connectivity index (χ3v) is 5.74. The normalized spacial score (nSPS) is 29.6. The molecule has 1 aliphatic heterocycles. The number of alkyl halides is 1. The molecule has 0 amide bonds. The fourth-order valence-electron chi connectivity index (χ4n) is 3.35. The smallest absolute Gasteiger partial charge is 0.168 e. The highest BCUT2D eigenvalue weighted by atomic mass is 79.9. The van der Waals surface area contributed by atoms with Crippen LogP contribution < -0.4 is 4.74 Å². The highest BCUT2D eigenvalue weighted by Gasteiger charge is 2.50. The van der Waals surface area contributed by atoms with Crippen LogP contribution in [0.4, 0.5) is 4.39 Å². The van der Waals surface area contributed by atoms with E-state index in [4.69, 9.17) is 9.47 Å². The van der Waals surface area contributed by atoms with Crippen LogP contribution in [0.3, 0.4) is 0 Å². The molecular formula is C16H20BrFO2. The van der Waals surface area contributed by atoms with E-state index >= 15 is 0 Å². The quantitative estimate of drug-likeness (QED) is 0.754. The number of hydrogen-bond donors (Lipinski definition) is 0. The lowest BCUT2D eigenvalue weighted by atomic mass is 9.76. The molecule has 4 heteroatoms. The van der Waals surface area contributed by atoms with Gasteiger partial charge in [-0.05, 0) is 43.2 Å². The monoisotopic (exact) mass is 342 g/mol. The van der Waals surface area contributed by atoms with Crippen molar-refractivity contribution in [3.05, 3.63) is 29.6 Å². The first-order valence-corrected chi connectivity index (χ1v) is 8.31. The van der Waals surface area contributed by atoms with Crippen LogP contribution in [-0.4, -0.2) is 25.2 Å². The zero-order chi connectivity index (χ0) is 14.2. The van der Waals surface area contributed by atoms with Gasteiger partial charge in [-0.2, -0.15) is 0 Å². The van der Waals surface area contributed by atoms with Crippen molar-refractivity contribution in [2.45, 2.75) is 31.8 Å². The van der Waals surface area contributed by atoms with Crippen LogP contribution in [-0.2, 0) is 11.2 Å². The van der Waals surface area contributed by atoms with Crippen LogP contribution in [0.15, 0.2) is 18.2 Å². The van der Waals surface area contributed by atoms with Gasteiger partial charge in [0, 0.05) is 17.4 Å². The van der Waals surface area contributed by atoms with Crippen molar-refractivity contribution in [3.63, 3.8) is 0 Å². The Balaban J connectivity index is 1.87. The first-order valence-electron chi connectivity index (χ1n) is 7.19. The van der Waals surface area contributed by atoms with Crippen molar-refractivity contribution >= 4 is 15.9 Å². The Morgan fingerprint density at radius 2 is 2.25 bits per heavy atom. The van der Waals surface area contributed by atoms with Gasteiger partial charge in [-0.1, -0.05) is 28.1 Å². The lowest BCUT2D eigenvalue weighted by molar-refractivity contribution is 0.0410. The standard InChI is InChI=1S/C16H20BrFO2/c1-19-13-4-2-3-12(14(13)18)9-16(10-17)7-8-20-15(16)11-5-6-11/h2-4,11,15H,5-10H2,1H3. The van der Waals surface area contributed by atoms with Crippen molar-refractivity contribution in [1.29, 1.82) is 0 Å². The average Bonchev–Trinajstić information content (AvgIpc) is 3.22. The van der Waals surface area contributed by atoms with E-state index in [2.05, 4.69) is 15.9 Å². The summed E-state index contributed by atoms with van der Waals surface area (Å²) in [7, 11) is 1.51. The molecule has 1 saturated carbocycles. The molecule has 0 aromatic heterocycles. The molecular weight excluding hydrogens is 323 g/mol. The topological polar surface area (TPSA) is 18.5 Å². The minimum atomic E-state index is -0.225. The van der Waals surface area contributed by atoms with Crippen molar-refractivity contribution in [2.75, 3.05) is 19.0 Å². The van der Waals surface area contributed by atoms with Crippen LogP contribution in [0.5, 0.6) is 5.75 Å². The van der Waals surface area contributed by atoms with E-state index in [1.165, 1.54) is 20.0 Å². The first kappa shape index (κ1) is 14.3. The SMILES string of the molecule is COc1cccc(CC2(CBr)CCOC2C2CC2)c1F. The van der Waals surface area contributed by atoms with Crippen molar-refractivity contribution in [1.82, 2.24) is 0 Å². The van der Waals surface area contributed by atoms with Gasteiger partial charge in [0.15, 0.2) is 11.6 Å². The van der Waals surface area contributed by atoms with E-state index in [-0.39, 0.29) is 17.3 Å². The van der Waals surface area contributed by atoms with Crippen LogP contribution in [0, 0.1) is 17.2 Å². The zero-order valence-electron chi connectivity index (χ0n) is 11.7. The molecule has 1 aliphatic carbocycles. The van der Waals surface area contributed by atoms with Crippen molar-refractivity contribution in [3.8, 4) is 5.75 Å². The number of halogens is 2. The Kier molecular flexibility index (Phi) is 4.04. The molecule has 1 aromatic rings. The highest BCUT2D eigenvalue weighted by Crippen LogP contribution is 2.50. The van der Waals surface area contributed by atoms with Crippen LogP contribution in [0.25, 0.3) is 0 Å². The molecule has 1 aromatic carbocycles. The molecule has 0 bridgehead atoms. The third-order valence-electron chi connectivity index (χ3n) is 4.62. The summed E-state index contributed by atoms with van der Waals surface area (Å²) in [6.07, 6.45) is 4.48. The summed E-state index contributed by atoms with van der Waals surface area (Å²) in [5.41, 5.74) is 0.758. The van der Waals surface area contributed by atoms with Gasteiger partial charge in [0.05, 0.1) is 13.2 Å². The summed E-state index contributed by atoms with van der Waals surface area (Å²) in [6, 6.07) is 5.40. The largest absolute Gasteiger partial charge is 0.494 e. The molecule has 0 spiro atoms. The number of ether oxygens (including phenoxy) is 2. The van der Waals surface area contributed by atoms with Crippen molar-refractivity contribution < 1.29 is 13.9 Å². The molecule has 2 aliphatic rings. The summed E-state index contributed by atoms with van der Waals surface area (Å²) in [6.45, 7) is 0.790. The Bertz CT molecular complexity index is 489. The molecule has 1 saturated heterocycles. The highest BCUT2D eigenvalue weighted by molar-refractivity contribution is 9.09. The Labute approximate surface area is 127 Å². The van der Waals surface area contributed by atoms with Gasteiger partial charge in [-0.15, -0.1) is 0 Å². The first-order chi connectivity index (χ1) is 9.70. The second kappa shape index (κ2) is 5.64. The summed E-state index contributed by atoms with van der Waals surface area (Å²) in [5, 5.41) is 0.859. The van der Waals surface area contributed by atoms with Gasteiger partial charge in [0.1, 0.15) is 0 Å². The van der Waals surface area contributed by atoms with Crippen molar-refractivity contribution in [2.24, 2.45) is 11.3 Å². The molecule has 2 atom stereocenters. The van der Waals surface area contributed by atoms with Gasteiger partial charge in [0.25, 0.3) is 0 Å². The zero-order valence-corrected chi connectivity index (χ0v) is 13.3. The van der Waals surface area contributed by atoms with Gasteiger partial charge in [-0.3, -0.25) is 0 Å². The summed E-state index contributed by atoms with van der Waals surface area (Å²) < 4.78 is 25.4. The number of hydrogen-bond acceptors (Lipinski definition) is 2. The summed E-state index contributed by atoms with van der Waals surface area (Å²) >= 11 is 3.65. The maximum atomic E-state index is 14.4. The Morgan fingerprint density at radius 1 is 1.45 bits per heavy atom.